The normalized spacial score (nSPS) is 20.4. The average Bonchev–Trinajstić information content (AvgIpc) is 2.65. The van der Waals surface area contributed by atoms with Crippen molar-refractivity contribution in [3.05, 3.63) is 18.0 Å². The first-order valence-electron chi connectivity index (χ1n) is 5.78. The molecule has 1 aliphatic carbocycles. The molecule has 15 heavy (non-hydrogen) atoms. The Bertz CT molecular complexity index is 313. The van der Waals surface area contributed by atoms with Crippen LogP contribution < -0.4 is 0 Å². The van der Waals surface area contributed by atoms with E-state index >= 15 is 0 Å². The Morgan fingerprint density at radius 3 is 2.67 bits per heavy atom. The van der Waals surface area contributed by atoms with Crippen molar-refractivity contribution in [2.75, 3.05) is 5.88 Å². The van der Waals surface area contributed by atoms with Gasteiger partial charge in [-0.1, -0.05) is 19.3 Å². The molecule has 1 aliphatic rings. The van der Waals surface area contributed by atoms with E-state index in [2.05, 4.69) is 11.3 Å². The van der Waals surface area contributed by atoms with Crippen LogP contribution in [-0.2, 0) is 13.5 Å². The van der Waals surface area contributed by atoms with Crippen LogP contribution in [0.5, 0.6) is 0 Å². The Morgan fingerprint density at radius 2 is 2.13 bits per heavy atom. The SMILES string of the molecule is Cn1cc(CC2(CCl)CCCCC2)cn1. The van der Waals surface area contributed by atoms with Gasteiger partial charge in [-0.3, -0.25) is 4.68 Å². The molecule has 2 nitrogen and oxygen atoms in total. The number of rotatable bonds is 3. The number of hydrogen-bond donors (Lipinski definition) is 0. The molecule has 0 saturated heterocycles. The molecule has 3 heteroatoms. The summed E-state index contributed by atoms with van der Waals surface area (Å²) >= 11 is 6.17. The lowest BCUT2D eigenvalue weighted by atomic mass is 9.72. The number of nitrogens with zero attached hydrogens (tertiary/aromatic N) is 2. The standard InChI is InChI=1S/C12H19ClN2/c1-15-9-11(8-14-15)7-12(10-13)5-3-2-4-6-12/h8-9H,2-7,10H2,1H3. The minimum atomic E-state index is 0.350. The summed E-state index contributed by atoms with van der Waals surface area (Å²) in [5.41, 5.74) is 1.68. The van der Waals surface area contributed by atoms with Gasteiger partial charge in [-0.25, -0.2) is 0 Å². The molecule has 1 aromatic rings. The molecule has 0 spiro atoms. The largest absolute Gasteiger partial charge is 0.276 e. The van der Waals surface area contributed by atoms with Gasteiger partial charge in [-0.05, 0) is 30.2 Å². The summed E-state index contributed by atoms with van der Waals surface area (Å²) in [6, 6.07) is 0. The summed E-state index contributed by atoms with van der Waals surface area (Å²) in [5.74, 6) is 0.794. The second-order valence-electron chi connectivity index (χ2n) is 4.89. The van der Waals surface area contributed by atoms with E-state index in [-0.39, 0.29) is 0 Å². The highest BCUT2D eigenvalue weighted by atomic mass is 35.5. The predicted octanol–water partition coefficient (Wildman–Crippen LogP) is 3.15. The Morgan fingerprint density at radius 1 is 1.40 bits per heavy atom. The van der Waals surface area contributed by atoms with Gasteiger partial charge in [-0.15, -0.1) is 11.6 Å². The molecule has 84 valence electrons. The van der Waals surface area contributed by atoms with Crippen molar-refractivity contribution in [3.8, 4) is 0 Å². The molecule has 1 heterocycles. The smallest absolute Gasteiger partial charge is 0.0521 e. The van der Waals surface area contributed by atoms with Crippen molar-refractivity contribution in [1.29, 1.82) is 0 Å². The molecule has 0 aliphatic heterocycles. The molecule has 0 atom stereocenters. The maximum Gasteiger partial charge on any atom is 0.0521 e. The molecular weight excluding hydrogens is 208 g/mol. The Hall–Kier alpha value is -0.500. The number of aromatic nitrogens is 2. The van der Waals surface area contributed by atoms with Crippen molar-refractivity contribution in [1.82, 2.24) is 9.78 Å². The Balaban J connectivity index is 2.06. The third-order valence-corrected chi connectivity index (χ3v) is 4.10. The van der Waals surface area contributed by atoms with Gasteiger partial charge in [0.1, 0.15) is 0 Å². The van der Waals surface area contributed by atoms with Crippen LogP contribution in [0.25, 0.3) is 0 Å². The Labute approximate surface area is 96.6 Å². The van der Waals surface area contributed by atoms with Gasteiger partial charge < -0.3 is 0 Å². The molecule has 1 fully saturated rings. The van der Waals surface area contributed by atoms with E-state index in [1.807, 2.05) is 17.9 Å². The first-order valence-corrected chi connectivity index (χ1v) is 6.31. The van der Waals surface area contributed by atoms with E-state index in [1.165, 1.54) is 37.7 Å². The summed E-state index contributed by atoms with van der Waals surface area (Å²) in [7, 11) is 1.97. The lowest BCUT2D eigenvalue weighted by Gasteiger charge is -2.35. The lowest BCUT2D eigenvalue weighted by molar-refractivity contribution is 0.219. The second-order valence-corrected chi connectivity index (χ2v) is 5.16. The van der Waals surface area contributed by atoms with Gasteiger partial charge in [0.15, 0.2) is 0 Å². The van der Waals surface area contributed by atoms with E-state index in [0.29, 0.717) is 5.41 Å². The maximum absolute atomic E-state index is 6.17. The average molecular weight is 227 g/mol. The molecule has 2 rings (SSSR count). The zero-order valence-electron chi connectivity index (χ0n) is 9.38. The summed E-state index contributed by atoms with van der Waals surface area (Å²) in [5, 5.41) is 4.22. The third-order valence-electron chi connectivity index (χ3n) is 3.54. The van der Waals surface area contributed by atoms with Crippen molar-refractivity contribution < 1.29 is 0 Å². The first-order chi connectivity index (χ1) is 7.24. The maximum atomic E-state index is 6.17. The van der Waals surface area contributed by atoms with Crippen molar-refractivity contribution in [3.63, 3.8) is 0 Å². The number of hydrogen-bond acceptors (Lipinski definition) is 1. The second kappa shape index (κ2) is 4.56. The Kier molecular flexibility index (Phi) is 3.35. The third kappa shape index (κ3) is 2.54. The molecule has 1 aromatic heterocycles. The monoisotopic (exact) mass is 226 g/mol. The van der Waals surface area contributed by atoms with Crippen LogP contribution in [0.15, 0.2) is 12.4 Å². The molecular formula is C12H19ClN2. The lowest BCUT2D eigenvalue weighted by Crippen LogP contribution is -2.28. The van der Waals surface area contributed by atoms with Gasteiger partial charge in [0.25, 0.3) is 0 Å². The predicted molar refractivity (Wildman–Crippen MR) is 63.2 cm³/mol. The van der Waals surface area contributed by atoms with E-state index in [1.54, 1.807) is 0 Å². The van der Waals surface area contributed by atoms with Gasteiger partial charge in [0.2, 0.25) is 0 Å². The highest BCUT2D eigenvalue weighted by molar-refractivity contribution is 6.18. The summed E-state index contributed by atoms with van der Waals surface area (Å²) < 4.78 is 1.88. The van der Waals surface area contributed by atoms with Crippen LogP contribution in [0.4, 0.5) is 0 Å². The number of halogens is 1. The first kappa shape index (κ1) is 11.0. The number of aryl methyl sites for hydroxylation is 1. The summed E-state index contributed by atoms with van der Waals surface area (Å²) in [6.07, 6.45) is 11.8. The van der Waals surface area contributed by atoms with Crippen molar-refractivity contribution in [2.24, 2.45) is 12.5 Å². The quantitative estimate of drug-likeness (QED) is 0.724. The van der Waals surface area contributed by atoms with Crippen LogP contribution in [0.3, 0.4) is 0 Å². The van der Waals surface area contributed by atoms with Crippen molar-refractivity contribution >= 4 is 11.6 Å². The molecule has 0 unspecified atom stereocenters. The minimum Gasteiger partial charge on any atom is -0.276 e. The molecule has 1 saturated carbocycles. The van der Waals surface area contributed by atoms with Crippen molar-refractivity contribution in [2.45, 2.75) is 38.5 Å². The molecule has 0 radical (unpaired) electrons. The zero-order valence-corrected chi connectivity index (χ0v) is 10.1. The summed E-state index contributed by atoms with van der Waals surface area (Å²) in [6.45, 7) is 0. The highest BCUT2D eigenvalue weighted by Gasteiger charge is 2.31. The number of alkyl halides is 1. The van der Waals surface area contributed by atoms with E-state index in [9.17, 15) is 0 Å². The van der Waals surface area contributed by atoms with E-state index < -0.39 is 0 Å². The fraction of sp³-hybridized carbons (Fsp3) is 0.750. The van der Waals surface area contributed by atoms with Crippen LogP contribution in [0, 0.1) is 5.41 Å². The van der Waals surface area contributed by atoms with Gasteiger partial charge in [0.05, 0.1) is 6.20 Å². The molecule has 0 bridgehead atoms. The minimum absolute atomic E-state index is 0.350. The van der Waals surface area contributed by atoms with Crippen LogP contribution in [0.1, 0.15) is 37.7 Å². The van der Waals surface area contributed by atoms with Gasteiger partial charge >= 0.3 is 0 Å². The van der Waals surface area contributed by atoms with Crippen LogP contribution in [0.2, 0.25) is 0 Å². The van der Waals surface area contributed by atoms with Crippen LogP contribution in [-0.4, -0.2) is 15.7 Å². The fourth-order valence-electron chi connectivity index (χ4n) is 2.66. The molecule has 0 aromatic carbocycles. The zero-order chi connectivity index (χ0) is 10.7. The topological polar surface area (TPSA) is 17.8 Å². The highest BCUT2D eigenvalue weighted by Crippen LogP contribution is 2.40. The van der Waals surface area contributed by atoms with Gasteiger partial charge in [-0.2, -0.15) is 5.10 Å². The van der Waals surface area contributed by atoms with Gasteiger partial charge in [0, 0.05) is 19.1 Å². The van der Waals surface area contributed by atoms with Crippen LogP contribution >= 0.6 is 11.6 Å². The molecule has 0 N–H and O–H groups in total. The van der Waals surface area contributed by atoms with E-state index in [4.69, 9.17) is 11.6 Å². The van der Waals surface area contributed by atoms with E-state index in [0.717, 1.165) is 12.3 Å². The fourth-order valence-corrected chi connectivity index (χ4v) is 3.02. The molecule has 0 amide bonds. The summed E-state index contributed by atoms with van der Waals surface area (Å²) in [4.78, 5) is 0.